The fourth-order valence-corrected chi connectivity index (χ4v) is 11.8. The standard InChI is InChI=1S/C19H22O6.C12H13NO2.C10H9N5O.C10H9NO2/c1-9-7-17-8-18(9,24)5-3-10(17)19-6-4-11(20)16(2,15(23)25-19)13(19)12(17)14(21)22;14-12(15)7-3-4-9-8-13-11-6-2-1-5-10(9)11;1-2-7(16-3-1)4-11-9-8-10(13-5-12-8)15-6-14-9;12-10(13)5-7-6-11-9-4-2-1-3-8(7)9/h4,6,10-13,20,24H,1,3,5,7-8H2,2H3,(H,21,22);1-2,5-6,8,13H,3-4,7H2,(H,14,15);1-3,5-6H,4H2,(H2,11,12,13,14,15);1-4,6,11H,5H2,(H,12,13)/t10-,11+,12-,13-,16-,17+,18+,19-;;;/m1.../s1. The van der Waals surface area contributed by atoms with Gasteiger partial charge in [0.05, 0.1) is 43.2 Å². The smallest absolute Gasteiger partial charge is 0.316 e. The van der Waals surface area contributed by atoms with E-state index in [0.29, 0.717) is 49.9 Å². The highest BCUT2D eigenvalue weighted by Crippen LogP contribution is 2.77. The van der Waals surface area contributed by atoms with Gasteiger partial charge in [-0.05, 0) is 97.9 Å². The highest BCUT2D eigenvalue weighted by atomic mass is 16.6. The van der Waals surface area contributed by atoms with Crippen molar-refractivity contribution in [2.24, 2.45) is 28.6 Å². The van der Waals surface area contributed by atoms with Crippen LogP contribution in [0, 0.1) is 28.6 Å². The number of carbonyl (C=O) groups is 4. The van der Waals surface area contributed by atoms with Crippen LogP contribution in [0.4, 0.5) is 5.82 Å². The zero-order valence-electron chi connectivity index (χ0n) is 37.7. The third kappa shape index (κ3) is 8.22. The number of fused-ring (bicyclic) bond motifs is 4. The number of hydrogen-bond donors (Lipinski definition) is 9. The number of hydrogen-bond acceptors (Lipinski definition) is 12. The molecule has 4 aliphatic carbocycles. The molecule has 1 spiro atoms. The van der Waals surface area contributed by atoms with Crippen LogP contribution >= 0.6 is 0 Å². The lowest BCUT2D eigenvalue weighted by Gasteiger charge is -2.44. The van der Waals surface area contributed by atoms with Crippen LogP contribution in [0.5, 0.6) is 0 Å². The largest absolute Gasteiger partial charge is 0.481 e. The predicted molar refractivity (Wildman–Crippen MR) is 251 cm³/mol. The number of para-hydroxylation sites is 2. The van der Waals surface area contributed by atoms with Crippen molar-refractivity contribution in [1.82, 2.24) is 29.9 Å². The molecule has 2 aromatic carbocycles. The normalized spacial score (nSPS) is 27.8. The van der Waals surface area contributed by atoms with Crippen LogP contribution in [0.15, 0.2) is 121 Å². The van der Waals surface area contributed by atoms with Crippen molar-refractivity contribution in [1.29, 1.82) is 0 Å². The Bertz CT molecular complexity index is 3100. The molecule has 0 radical (unpaired) electrons. The molecule has 4 bridgehead atoms. The summed E-state index contributed by atoms with van der Waals surface area (Å²) in [6.45, 7) is 6.23. The second kappa shape index (κ2) is 18.2. The van der Waals surface area contributed by atoms with Crippen LogP contribution in [0.25, 0.3) is 33.0 Å². The molecule has 5 aromatic heterocycles. The zero-order valence-corrected chi connectivity index (χ0v) is 37.7. The van der Waals surface area contributed by atoms with E-state index < -0.39 is 63.8 Å². The van der Waals surface area contributed by atoms with Gasteiger partial charge in [0, 0.05) is 52.5 Å². The molecule has 5 aliphatic rings. The lowest BCUT2D eigenvalue weighted by molar-refractivity contribution is -0.163. The maximum absolute atomic E-state index is 12.7. The Balaban J connectivity index is 0.000000119. The van der Waals surface area contributed by atoms with E-state index >= 15 is 0 Å². The van der Waals surface area contributed by atoms with Crippen LogP contribution in [0.3, 0.4) is 0 Å². The minimum absolute atomic E-state index is 0.0734. The fraction of sp³-hybridized carbons (Fsp3) is 0.353. The molecule has 6 heterocycles. The number of anilines is 1. The molecule has 9 N–H and O–H groups in total. The van der Waals surface area contributed by atoms with E-state index in [2.05, 4.69) is 47.9 Å². The second-order valence-corrected chi connectivity index (χ2v) is 18.7. The van der Waals surface area contributed by atoms with E-state index in [0.717, 1.165) is 45.5 Å². The molecule has 8 atom stereocenters. The topological polar surface area (TPSA) is 290 Å². The number of aliphatic hydroxyl groups is 2. The second-order valence-electron chi connectivity index (χ2n) is 18.7. The Morgan fingerprint density at radius 3 is 2.30 bits per heavy atom. The summed E-state index contributed by atoms with van der Waals surface area (Å²) in [5.74, 6) is -3.13. The number of nitrogens with zero attached hydrogens (tertiary/aromatic N) is 3. The number of ether oxygens (including phenoxy) is 1. The predicted octanol–water partition coefficient (Wildman–Crippen LogP) is 6.96. The van der Waals surface area contributed by atoms with E-state index in [-0.39, 0.29) is 18.8 Å². The average Bonchev–Trinajstić information content (AvgIpc) is 4.20. The number of rotatable bonds is 10. The minimum Gasteiger partial charge on any atom is -0.481 e. The van der Waals surface area contributed by atoms with Crippen LogP contribution in [-0.4, -0.2) is 96.6 Å². The third-order valence-electron chi connectivity index (χ3n) is 14.9. The molecule has 7 aromatic rings. The Kier molecular flexibility index (Phi) is 12.2. The molecule has 4 fully saturated rings. The van der Waals surface area contributed by atoms with Gasteiger partial charge >= 0.3 is 23.9 Å². The quantitative estimate of drug-likeness (QED) is 0.0495. The molecule has 18 nitrogen and oxygen atoms in total. The lowest BCUT2D eigenvalue weighted by Crippen LogP contribution is -2.50. The van der Waals surface area contributed by atoms with E-state index in [1.807, 2.05) is 60.8 Å². The van der Waals surface area contributed by atoms with Crippen LogP contribution in [0.1, 0.15) is 62.3 Å². The zero-order chi connectivity index (χ0) is 48.7. The molecule has 1 aliphatic heterocycles. The number of benzene rings is 2. The van der Waals surface area contributed by atoms with Crippen molar-refractivity contribution in [2.45, 2.75) is 82.1 Å². The van der Waals surface area contributed by atoms with E-state index in [1.165, 1.54) is 17.3 Å². The lowest BCUT2D eigenvalue weighted by atomic mass is 9.61. The molecule has 18 heteroatoms. The first-order chi connectivity index (χ1) is 33.1. The number of furan rings is 1. The average molecular weight is 940 g/mol. The molecular weight excluding hydrogens is 887 g/mol. The molecule has 358 valence electrons. The van der Waals surface area contributed by atoms with Gasteiger partial charge in [-0.25, -0.2) is 15.0 Å². The van der Waals surface area contributed by atoms with Crippen LogP contribution in [-0.2, 0) is 43.3 Å². The van der Waals surface area contributed by atoms with Gasteiger partial charge in [0.1, 0.15) is 28.6 Å². The van der Waals surface area contributed by atoms with Gasteiger partial charge in [0.2, 0.25) is 0 Å². The van der Waals surface area contributed by atoms with Gasteiger partial charge in [-0.3, -0.25) is 19.2 Å². The summed E-state index contributed by atoms with van der Waals surface area (Å²) >= 11 is 0. The SMILES string of the molecule is C=C1C[C@]23C[C@@]1(O)CC[C@H]2[C@@]12C=C[C@H](O)[C@@](C)(C(=O)O1)[C@H]2[C@@H]3C(=O)O.O=C(O)CCCc1c[nH]c2ccccc12.O=C(O)Cc1c[nH]c2ccccc12.c1coc(CNc2ncnc3nc[nH]c23)c1. The van der Waals surface area contributed by atoms with E-state index in [1.54, 1.807) is 37.9 Å². The number of aryl methyl sites for hydroxylation is 1. The van der Waals surface area contributed by atoms with Crippen molar-refractivity contribution in [2.75, 3.05) is 5.32 Å². The highest BCUT2D eigenvalue weighted by Gasteiger charge is 2.83. The summed E-state index contributed by atoms with van der Waals surface area (Å²) < 4.78 is 11.1. The molecule has 1 saturated heterocycles. The van der Waals surface area contributed by atoms with Crippen LogP contribution < -0.4 is 5.32 Å². The molecule has 3 saturated carbocycles. The van der Waals surface area contributed by atoms with Gasteiger partial charge < -0.3 is 55.0 Å². The Hall–Kier alpha value is -7.57. The van der Waals surface area contributed by atoms with Gasteiger partial charge in [-0.2, -0.15) is 0 Å². The number of esters is 1. The number of carboxylic acids is 3. The number of aromatic nitrogens is 6. The summed E-state index contributed by atoms with van der Waals surface area (Å²) in [6.07, 6.45) is 14.4. The number of nitrogens with one attached hydrogen (secondary N) is 4. The van der Waals surface area contributed by atoms with Gasteiger partial charge in [0.15, 0.2) is 11.5 Å². The number of aliphatic carboxylic acids is 3. The summed E-state index contributed by atoms with van der Waals surface area (Å²) in [7, 11) is 0. The maximum atomic E-state index is 12.7. The van der Waals surface area contributed by atoms with Crippen LogP contribution in [0.2, 0.25) is 0 Å². The molecular formula is C51H53N7O11. The van der Waals surface area contributed by atoms with Gasteiger partial charge in [-0.15, -0.1) is 0 Å². The molecule has 0 unspecified atom stereocenters. The number of aromatic amines is 3. The molecule has 0 amide bonds. The fourth-order valence-electron chi connectivity index (χ4n) is 11.8. The summed E-state index contributed by atoms with van der Waals surface area (Å²) in [6, 6.07) is 19.5. The van der Waals surface area contributed by atoms with E-state index in [9.17, 15) is 34.5 Å². The number of imidazole rings is 1. The Morgan fingerprint density at radius 1 is 0.913 bits per heavy atom. The van der Waals surface area contributed by atoms with E-state index in [4.69, 9.17) is 19.4 Å². The first kappa shape index (κ1) is 46.5. The summed E-state index contributed by atoms with van der Waals surface area (Å²) in [5.41, 5.74) is 2.29. The third-order valence-corrected chi connectivity index (χ3v) is 14.9. The number of H-pyrrole nitrogens is 3. The first-order valence-corrected chi connectivity index (χ1v) is 22.8. The van der Waals surface area contributed by atoms with Crippen molar-refractivity contribution in [3.63, 3.8) is 0 Å². The summed E-state index contributed by atoms with van der Waals surface area (Å²) in [4.78, 5) is 67.4. The summed E-state index contributed by atoms with van der Waals surface area (Å²) in [5, 5.41) is 54.1. The number of carboxylic acid groups (broad SMARTS) is 3. The first-order valence-electron chi connectivity index (χ1n) is 22.8. The number of aliphatic hydroxyl groups excluding tert-OH is 1. The van der Waals surface area contributed by atoms with Crippen molar-refractivity contribution in [3.8, 4) is 0 Å². The van der Waals surface area contributed by atoms with Gasteiger partial charge in [-0.1, -0.05) is 49.1 Å². The maximum Gasteiger partial charge on any atom is 0.316 e. The van der Waals surface area contributed by atoms with Crippen molar-refractivity contribution < 1.29 is 53.9 Å². The number of carbonyl (C=O) groups excluding carboxylic acids is 1. The van der Waals surface area contributed by atoms with Crippen molar-refractivity contribution >= 4 is 62.7 Å². The highest BCUT2D eigenvalue weighted by molar-refractivity contribution is 5.88. The van der Waals surface area contributed by atoms with Gasteiger partial charge in [0.25, 0.3) is 0 Å². The monoisotopic (exact) mass is 939 g/mol. The molecule has 12 rings (SSSR count). The Morgan fingerprint density at radius 2 is 1.62 bits per heavy atom. The van der Waals surface area contributed by atoms with Crippen molar-refractivity contribution in [3.05, 3.63) is 133 Å². The molecule has 69 heavy (non-hydrogen) atoms. The Labute approximate surface area is 394 Å². The minimum atomic E-state index is -1.27.